The van der Waals surface area contributed by atoms with Crippen LogP contribution in [0.2, 0.25) is 0 Å². The van der Waals surface area contributed by atoms with Crippen molar-refractivity contribution in [2.75, 3.05) is 18.0 Å². The summed E-state index contributed by atoms with van der Waals surface area (Å²) in [6.45, 7) is 1.92. The number of aliphatic hydroxyl groups excluding tert-OH is 1. The lowest BCUT2D eigenvalue weighted by Crippen LogP contribution is -2.28. The highest BCUT2D eigenvalue weighted by atomic mass is 16.4. The Kier molecular flexibility index (Phi) is 4.43. The third-order valence-electron chi connectivity index (χ3n) is 6.54. The molecule has 1 amide bonds. The molecule has 3 aromatic rings. The SMILES string of the molecule is NC(=O)C1(c2ccc3oc(=O)n(CCc4ccccc4N4CC[C@H](O)C4)c3c2)CC1. The maximum atomic E-state index is 12.5. The molecule has 1 aromatic heterocycles. The number of aliphatic hydroxyl groups is 1. The number of anilines is 1. The zero-order valence-electron chi connectivity index (χ0n) is 16.7. The van der Waals surface area contributed by atoms with Crippen LogP contribution in [-0.2, 0) is 23.2 Å². The number of β-amino-alcohol motifs (C(OH)–C–C–N with tert-alkyl or cyclic N) is 1. The van der Waals surface area contributed by atoms with Crippen molar-refractivity contribution in [2.45, 2.75) is 43.7 Å². The highest BCUT2D eigenvalue weighted by molar-refractivity contribution is 5.91. The number of hydrogen-bond donors (Lipinski definition) is 2. The monoisotopic (exact) mass is 407 g/mol. The summed E-state index contributed by atoms with van der Waals surface area (Å²) < 4.78 is 7.06. The molecule has 1 atom stereocenters. The molecule has 7 nitrogen and oxygen atoms in total. The molecule has 0 spiro atoms. The number of oxazole rings is 1. The lowest BCUT2D eigenvalue weighted by atomic mass is 9.95. The predicted molar refractivity (Wildman–Crippen MR) is 114 cm³/mol. The molecule has 1 aliphatic carbocycles. The van der Waals surface area contributed by atoms with Crippen LogP contribution in [0, 0.1) is 0 Å². The van der Waals surface area contributed by atoms with Crippen LogP contribution in [-0.4, -0.2) is 34.8 Å². The molecular weight excluding hydrogens is 382 g/mol. The molecule has 0 unspecified atom stereocenters. The van der Waals surface area contributed by atoms with E-state index in [1.165, 1.54) is 0 Å². The Hall–Kier alpha value is -3.06. The summed E-state index contributed by atoms with van der Waals surface area (Å²) in [5.74, 6) is -0.721. The quantitative estimate of drug-likeness (QED) is 0.650. The molecule has 7 heteroatoms. The van der Waals surface area contributed by atoms with E-state index in [1.54, 1.807) is 10.6 Å². The molecule has 2 aliphatic rings. The van der Waals surface area contributed by atoms with Crippen molar-refractivity contribution in [3.8, 4) is 0 Å². The van der Waals surface area contributed by atoms with E-state index in [-0.39, 0.29) is 12.0 Å². The van der Waals surface area contributed by atoms with Gasteiger partial charge in [-0.1, -0.05) is 24.3 Å². The highest BCUT2D eigenvalue weighted by Crippen LogP contribution is 2.48. The van der Waals surface area contributed by atoms with E-state index in [0.717, 1.165) is 42.6 Å². The Bertz CT molecular complexity index is 1170. The second-order valence-electron chi connectivity index (χ2n) is 8.42. The number of amides is 1. The van der Waals surface area contributed by atoms with Crippen molar-refractivity contribution >= 4 is 22.7 Å². The van der Waals surface area contributed by atoms with E-state index in [4.69, 9.17) is 10.2 Å². The number of carbonyl (C=O) groups is 1. The second kappa shape index (κ2) is 7.02. The number of nitrogens with two attached hydrogens (primary N) is 1. The average Bonchev–Trinajstić information content (AvgIpc) is 3.35. The van der Waals surface area contributed by atoms with Crippen LogP contribution >= 0.6 is 0 Å². The molecule has 2 heterocycles. The molecule has 1 aliphatic heterocycles. The van der Waals surface area contributed by atoms with E-state index in [2.05, 4.69) is 17.0 Å². The van der Waals surface area contributed by atoms with Crippen molar-refractivity contribution in [3.05, 3.63) is 64.1 Å². The summed E-state index contributed by atoms with van der Waals surface area (Å²) in [6, 6.07) is 13.6. The van der Waals surface area contributed by atoms with Crippen molar-refractivity contribution < 1.29 is 14.3 Å². The first-order valence-corrected chi connectivity index (χ1v) is 10.4. The van der Waals surface area contributed by atoms with Gasteiger partial charge in [0.15, 0.2) is 5.58 Å². The van der Waals surface area contributed by atoms with Gasteiger partial charge in [0.25, 0.3) is 0 Å². The summed E-state index contributed by atoms with van der Waals surface area (Å²) in [4.78, 5) is 26.6. The van der Waals surface area contributed by atoms with Gasteiger partial charge in [-0.3, -0.25) is 9.36 Å². The highest BCUT2D eigenvalue weighted by Gasteiger charge is 2.50. The van der Waals surface area contributed by atoms with Crippen LogP contribution < -0.4 is 16.4 Å². The zero-order chi connectivity index (χ0) is 20.9. The number of carbonyl (C=O) groups excluding carboxylic acids is 1. The van der Waals surface area contributed by atoms with Crippen LogP contribution in [0.4, 0.5) is 5.69 Å². The average molecular weight is 407 g/mol. The smallest absolute Gasteiger partial charge is 0.408 e. The van der Waals surface area contributed by atoms with Gasteiger partial charge in [0, 0.05) is 25.3 Å². The van der Waals surface area contributed by atoms with Gasteiger partial charge >= 0.3 is 5.76 Å². The number of hydrogen-bond acceptors (Lipinski definition) is 5. The first-order valence-electron chi connectivity index (χ1n) is 10.4. The molecule has 0 radical (unpaired) electrons. The summed E-state index contributed by atoms with van der Waals surface area (Å²) in [7, 11) is 0. The lowest BCUT2D eigenvalue weighted by Gasteiger charge is -2.21. The van der Waals surface area contributed by atoms with Gasteiger partial charge in [-0.2, -0.15) is 0 Å². The third-order valence-corrected chi connectivity index (χ3v) is 6.54. The van der Waals surface area contributed by atoms with Crippen molar-refractivity contribution in [2.24, 2.45) is 5.73 Å². The van der Waals surface area contributed by atoms with Crippen LogP contribution in [0.3, 0.4) is 0 Å². The van der Waals surface area contributed by atoms with Gasteiger partial charge in [0.2, 0.25) is 5.91 Å². The Morgan fingerprint density at radius 1 is 1.23 bits per heavy atom. The summed E-state index contributed by atoms with van der Waals surface area (Å²) in [5, 5.41) is 9.89. The molecule has 2 aromatic carbocycles. The van der Waals surface area contributed by atoms with E-state index in [9.17, 15) is 14.7 Å². The Morgan fingerprint density at radius 2 is 2.03 bits per heavy atom. The summed E-state index contributed by atoms with van der Waals surface area (Å²) in [6.07, 6.45) is 2.61. The second-order valence-corrected chi connectivity index (χ2v) is 8.42. The number of aryl methyl sites for hydroxylation is 2. The number of benzene rings is 2. The number of para-hydroxylation sites is 1. The van der Waals surface area contributed by atoms with E-state index in [1.807, 2.05) is 24.3 Å². The summed E-state index contributed by atoms with van der Waals surface area (Å²) >= 11 is 0. The molecule has 1 saturated carbocycles. The van der Waals surface area contributed by atoms with Gasteiger partial charge < -0.3 is 20.2 Å². The minimum atomic E-state index is -0.602. The van der Waals surface area contributed by atoms with Gasteiger partial charge in [-0.15, -0.1) is 0 Å². The molecule has 0 bridgehead atoms. The fourth-order valence-electron chi connectivity index (χ4n) is 4.60. The van der Waals surface area contributed by atoms with Gasteiger partial charge in [-0.05, 0) is 55.0 Å². The largest absolute Gasteiger partial charge is 0.419 e. The standard InChI is InChI=1S/C23H25N3O4/c24-21(28)23(9-10-23)16-5-6-20-19(13-16)26(22(29)30-20)12-7-15-3-1-2-4-18(15)25-11-8-17(27)14-25/h1-6,13,17,27H,7-12,14H2,(H2,24,28)/t17-/m0/s1. The Balaban J connectivity index is 1.45. The van der Waals surface area contributed by atoms with Crippen molar-refractivity contribution in [1.82, 2.24) is 4.57 Å². The lowest BCUT2D eigenvalue weighted by molar-refractivity contribution is -0.120. The topological polar surface area (TPSA) is 102 Å². The fourth-order valence-corrected chi connectivity index (χ4v) is 4.60. The van der Waals surface area contributed by atoms with Crippen LogP contribution in [0.25, 0.3) is 11.1 Å². The van der Waals surface area contributed by atoms with Crippen LogP contribution in [0.15, 0.2) is 51.7 Å². The maximum Gasteiger partial charge on any atom is 0.419 e. The number of primary amides is 1. The third kappa shape index (κ3) is 3.10. The van der Waals surface area contributed by atoms with Crippen molar-refractivity contribution in [1.29, 1.82) is 0 Å². The maximum absolute atomic E-state index is 12.5. The molecule has 30 heavy (non-hydrogen) atoms. The van der Waals surface area contributed by atoms with Crippen LogP contribution in [0.1, 0.15) is 30.4 Å². The first-order chi connectivity index (χ1) is 14.5. The molecule has 2 fully saturated rings. The van der Waals surface area contributed by atoms with Crippen LogP contribution in [0.5, 0.6) is 0 Å². The fraction of sp³-hybridized carbons (Fsp3) is 0.391. The van der Waals surface area contributed by atoms with E-state index < -0.39 is 11.2 Å². The first kappa shape index (κ1) is 18.9. The predicted octanol–water partition coefficient (Wildman–Crippen LogP) is 1.93. The molecule has 156 valence electrons. The minimum absolute atomic E-state index is 0.295. The normalized spacial score (nSPS) is 20.0. The minimum Gasteiger partial charge on any atom is -0.408 e. The number of nitrogens with zero attached hydrogens (tertiary/aromatic N) is 2. The summed E-state index contributed by atoms with van der Waals surface area (Å²) in [5.41, 5.74) is 9.30. The van der Waals surface area contributed by atoms with Gasteiger partial charge in [0.1, 0.15) is 0 Å². The van der Waals surface area contributed by atoms with Gasteiger partial charge in [-0.25, -0.2) is 4.79 Å². The Labute approximate surface area is 173 Å². The Morgan fingerprint density at radius 3 is 2.73 bits per heavy atom. The zero-order valence-corrected chi connectivity index (χ0v) is 16.7. The molecule has 5 rings (SSSR count). The number of rotatable bonds is 6. The number of aromatic nitrogens is 1. The van der Waals surface area contributed by atoms with E-state index in [0.29, 0.717) is 30.6 Å². The van der Waals surface area contributed by atoms with Gasteiger partial charge in [0.05, 0.1) is 17.0 Å². The molecule has 3 N–H and O–H groups in total. The van der Waals surface area contributed by atoms with Crippen molar-refractivity contribution in [3.63, 3.8) is 0 Å². The molecule has 1 saturated heterocycles. The number of fused-ring (bicyclic) bond motifs is 1. The van der Waals surface area contributed by atoms with E-state index >= 15 is 0 Å². The molecular formula is C23H25N3O4.